The molecule has 3 saturated heterocycles. The van der Waals surface area contributed by atoms with Crippen LogP contribution in [0.3, 0.4) is 0 Å². The standard InChI is InChI=1S/C16H26N4O3/c1-11(13(21)19-7-3-4-8-19)20-9-5-6-12(10-20)16(2)14(22)17-15(23)18-16/h11-12H,3-10H2,1-2H3,(H2,17,18,22,23)/t11-,12-,16+/m1/s1. The first-order chi connectivity index (χ1) is 10.9. The van der Waals surface area contributed by atoms with Gasteiger partial charge in [-0.05, 0) is 46.1 Å². The molecular weight excluding hydrogens is 296 g/mol. The largest absolute Gasteiger partial charge is 0.341 e. The molecule has 0 aromatic carbocycles. The van der Waals surface area contributed by atoms with Crippen molar-refractivity contribution >= 4 is 17.8 Å². The fraction of sp³-hybridized carbons (Fsp3) is 0.812. The van der Waals surface area contributed by atoms with E-state index in [9.17, 15) is 14.4 Å². The van der Waals surface area contributed by atoms with Crippen LogP contribution in [-0.2, 0) is 9.59 Å². The highest BCUT2D eigenvalue weighted by Crippen LogP contribution is 2.30. The van der Waals surface area contributed by atoms with Gasteiger partial charge in [0, 0.05) is 25.6 Å². The second kappa shape index (κ2) is 6.11. The Balaban J connectivity index is 1.67. The normalized spacial score (nSPS) is 33.5. The lowest BCUT2D eigenvalue weighted by Gasteiger charge is -2.42. The van der Waals surface area contributed by atoms with Gasteiger partial charge in [0.1, 0.15) is 5.54 Å². The van der Waals surface area contributed by atoms with Crippen LogP contribution < -0.4 is 10.6 Å². The summed E-state index contributed by atoms with van der Waals surface area (Å²) in [5, 5.41) is 5.11. The van der Waals surface area contributed by atoms with E-state index in [1.54, 1.807) is 6.92 Å². The Labute approximate surface area is 136 Å². The molecule has 0 saturated carbocycles. The van der Waals surface area contributed by atoms with Gasteiger partial charge in [0.15, 0.2) is 0 Å². The van der Waals surface area contributed by atoms with E-state index in [0.29, 0.717) is 6.54 Å². The van der Waals surface area contributed by atoms with Crippen molar-refractivity contribution in [2.45, 2.75) is 51.1 Å². The summed E-state index contributed by atoms with van der Waals surface area (Å²) in [5.41, 5.74) is -0.869. The number of piperidine rings is 1. The van der Waals surface area contributed by atoms with Crippen molar-refractivity contribution in [1.82, 2.24) is 20.4 Å². The summed E-state index contributed by atoms with van der Waals surface area (Å²) in [4.78, 5) is 40.3. The zero-order valence-corrected chi connectivity index (χ0v) is 13.9. The van der Waals surface area contributed by atoms with Gasteiger partial charge < -0.3 is 10.2 Å². The molecule has 0 bridgehead atoms. The first-order valence-corrected chi connectivity index (χ1v) is 8.58. The second-order valence-electron chi connectivity index (χ2n) is 7.15. The number of hydrogen-bond acceptors (Lipinski definition) is 4. The maximum Gasteiger partial charge on any atom is 0.322 e. The van der Waals surface area contributed by atoms with Gasteiger partial charge in [0.05, 0.1) is 6.04 Å². The molecule has 0 radical (unpaired) electrons. The smallest absolute Gasteiger partial charge is 0.322 e. The molecule has 0 aromatic rings. The van der Waals surface area contributed by atoms with Crippen LogP contribution in [0, 0.1) is 5.92 Å². The molecule has 128 valence electrons. The lowest BCUT2D eigenvalue weighted by atomic mass is 9.79. The highest BCUT2D eigenvalue weighted by molar-refractivity contribution is 6.07. The number of hydrogen-bond donors (Lipinski definition) is 2. The minimum atomic E-state index is -0.869. The summed E-state index contributed by atoms with van der Waals surface area (Å²) in [6.07, 6.45) is 3.99. The third-order valence-corrected chi connectivity index (χ3v) is 5.66. The van der Waals surface area contributed by atoms with Crippen LogP contribution in [0.5, 0.6) is 0 Å². The number of nitrogens with zero attached hydrogens (tertiary/aromatic N) is 2. The Morgan fingerprint density at radius 1 is 1.22 bits per heavy atom. The van der Waals surface area contributed by atoms with E-state index in [1.165, 1.54) is 0 Å². The number of carbonyl (C=O) groups is 3. The predicted octanol–water partition coefficient (Wildman–Crippen LogP) is 0.307. The Kier molecular flexibility index (Phi) is 4.31. The molecule has 3 fully saturated rings. The third kappa shape index (κ3) is 2.94. The summed E-state index contributed by atoms with van der Waals surface area (Å²) in [6, 6.07) is -0.588. The van der Waals surface area contributed by atoms with Crippen LogP contribution in [0.1, 0.15) is 39.5 Å². The zero-order valence-electron chi connectivity index (χ0n) is 13.9. The summed E-state index contributed by atoms with van der Waals surface area (Å²) in [6.45, 7) is 6.98. The number of imide groups is 1. The van der Waals surface area contributed by atoms with Crippen LogP contribution >= 0.6 is 0 Å². The number of rotatable bonds is 3. The Hall–Kier alpha value is -1.63. The first kappa shape index (κ1) is 16.2. The fourth-order valence-electron chi connectivity index (χ4n) is 4.03. The summed E-state index contributed by atoms with van der Waals surface area (Å²) in [5.74, 6) is -0.0439. The minimum Gasteiger partial charge on any atom is -0.341 e. The van der Waals surface area contributed by atoms with E-state index in [2.05, 4.69) is 15.5 Å². The van der Waals surface area contributed by atoms with Crippen molar-refractivity contribution in [3.8, 4) is 0 Å². The molecular formula is C16H26N4O3. The quantitative estimate of drug-likeness (QED) is 0.733. The van der Waals surface area contributed by atoms with Crippen molar-refractivity contribution in [3.05, 3.63) is 0 Å². The molecule has 0 aliphatic carbocycles. The number of nitrogens with one attached hydrogen (secondary N) is 2. The van der Waals surface area contributed by atoms with Crippen molar-refractivity contribution in [1.29, 1.82) is 0 Å². The van der Waals surface area contributed by atoms with Crippen LogP contribution in [-0.4, -0.2) is 65.4 Å². The molecule has 3 aliphatic rings. The van der Waals surface area contributed by atoms with Crippen LogP contribution in [0.15, 0.2) is 0 Å². The van der Waals surface area contributed by atoms with Gasteiger partial charge in [-0.2, -0.15) is 0 Å². The lowest BCUT2D eigenvalue weighted by molar-refractivity contribution is -0.136. The SMILES string of the molecule is C[C@H](C(=O)N1CCCC1)N1CCC[C@@H]([C@]2(C)NC(=O)NC2=O)C1. The molecule has 3 rings (SSSR count). The number of likely N-dealkylation sites (tertiary alicyclic amines) is 2. The number of amides is 4. The maximum absolute atomic E-state index is 12.6. The predicted molar refractivity (Wildman–Crippen MR) is 84.7 cm³/mol. The maximum atomic E-state index is 12.6. The molecule has 0 spiro atoms. The van der Waals surface area contributed by atoms with Gasteiger partial charge in [-0.1, -0.05) is 0 Å². The van der Waals surface area contributed by atoms with Gasteiger partial charge in [-0.15, -0.1) is 0 Å². The minimum absolute atomic E-state index is 0.0246. The van der Waals surface area contributed by atoms with Gasteiger partial charge >= 0.3 is 6.03 Å². The van der Waals surface area contributed by atoms with E-state index < -0.39 is 11.6 Å². The molecule has 3 heterocycles. The average Bonchev–Trinajstić information content (AvgIpc) is 3.15. The molecule has 0 aromatic heterocycles. The highest BCUT2D eigenvalue weighted by atomic mass is 16.2. The van der Waals surface area contributed by atoms with Gasteiger partial charge in [-0.3, -0.25) is 19.8 Å². The van der Waals surface area contributed by atoms with E-state index >= 15 is 0 Å². The van der Waals surface area contributed by atoms with E-state index in [1.807, 2.05) is 11.8 Å². The van der Waals surface area contributed by atoms with Crippen LogP contribution in [0.2, 0.25) is 0 Å². The highest BCUT2D eigenvalue weighted by Gasteiger charge is 2.49. The Bertz CT molecular complexity index is 517. The molecule has 3 atom stereocenters. The van der Waals surface area contributed by atoms with Crippen molar-refractivity contribution in [2.24, 2.45) is 5.92 Å². The summed E-state index contributed by atoms with van der Waals surface area (Å²) < 4.78 is 0. The second-order valence-corrected chi connectivity index (χ2v) is 7.15. The molecule has 23 heavy (non-hydrogen) atoms. The van der Waals surface area contributed by atoms with Crippen molar-refractivity contribution < 1.29 is 14.4 Å². The fourth-order valence-corrected chi connectivity index (χ4v) is 4.03. The summed E-state index contributed by atoms with van der Waals surface area (Å²) >= 11 is 0. The molecule has 7 nitrogen and oxygen atoms in total. The topological polar surface area (TPSA) is 81.8 Å². The number of urea groups is 1. The van der Waals surface area contributed by atoms with Crippen molar-refractivity contribution in [2.75, 3.05) is 26.2 Å². The first-order valence-electron chi connectivity index (χ1n) is 8.58. The lowest BCUT2D eigenvalue weighted by Crippen LogP contribution is -2.58. The molecule has 0 unspecified atom stereocenters. The van der Waals surface area contributed by atoms with Crippen LogP contribution in [0.4, 0.5) is 4.79 Å². The van der Waals surface area contributed by atoms with Crippen molar-refractivity contribution in [3.63, 3.8) is 0 Å². The zero-order chi connectivity index (χ0) is 16.6. The monoisotopic (exact) mass is 322 g/mol. The molecule has 2 N–H and O–H groups in total. The third-order valence-electron chi connectivity index (χ3n) is 5.66. The molecule has 7 heteroatoms. The number of carbonyl (C=O) groups excluding carboxylic acids is 3. The van der Waals surface area contributed by atoms with Crippen LogP contribution in [0.25, 0.3) is 0 Å². The van der Waals surface area contributed by atoms with E-state index in [0.717, 1.165) is 45.3 Å². The molecule has 4 amide bonds. The van der Waals surface area contributed by atoms with Gasteiger partial charge in [0.2, 0.25) is 5.91 Å². The molecule has 3 aliphatic heterocycles. The van der Waals surface area contributed by atoms with E-state index in [-0.39, 0.29) is 23.8 Å². The average molecular weight is 322 g/mol. The Morgan fingerprint density at radius 2 is 1.91 bits per heavy atom. The van der Waals surface area contributed by atoms with E-state index in [4.69, 9.17) is 0 Å². The summed E-state index contributed by atoms with van der Waals surface area (Å²) in [7, 11) is 0. The van der Waals surface area contributed by atoms with Gasteiger partial charge in [0.25, 0.3) is 5.91 Å². The Morgan fingerprint density at radius 3 is 2.52 bits per heavy atom. The van der Waals surface area contributed by atoms with Gasteiger partial charge in [-0.25, -0.2) is 4.79 Å².